The SMILES string of the molecule is O=c1oc(-c2c(F)cccc2F)nn1-c1ccc(-c2ccc(OC(F)(F)F)cc2)cc1. The third-order valence-corrected chi connectivity index (χ3v) is 4.26. The fourth-order valence-corrected chi connectivity index (χ4v) is 2.89. The number of alkyl halides is 3. The highest BCUT2D eigenvalue weighted by Crippen LogP contribution is 2.27. The van der Waals surface area contributed by atoms with E-state index in [-0.39, 0.29) is 11.4 Å². The van der Waals surface area contributed by atoms with Gasteiger partial charge in [-0.2, -0.15) is 4.68 Å². The van der Waals surface area contributed by atoms with Crippen molar-refractivity contribution in [1.82, 2.24) is 9.78 Å². The third kappa shape index (κ3) is 4.32. The summed E-state index contributed by atoms with van der Waals surface area (Å²) in [5, 5.41) is 3.85. The van der Waals surface area contributed by atoms with Crippen LogP contribution in [0, 0.1) is 11.6 Å². The molecule has 0 saturated carbocycles. The van der Waals surface area contributed by atoms with Crippen molar-refractivity contribution < 1.29 is 31.1 Å². The van der Waals surface area contributed by atoms with E-state index in [9.17, 15) is 26.7 Å². The van der Waals surface area contributed by atoms with Gasteiger partial charge < -0.3 is 9.15 Å². The van der Waals surface area contributed by atoms with Gasteiger partial charge in [-0.1, -0.05) is 30.3 Å². The van der Waals surface area contributed by atoms with Crippen LogP contribution in [0.5, 0.6) is 5.75 Å². The van der Waals surface area contributed by atoms with E-state index < -0.39 is 35.2 Å². The molecule has 0 aliphatic heterocycles. The molecular formula is C21H11F5N2O3. The zero-order valence-corrected chi connectivity index (χ0v) is 15.4. The summed E-state index contributed by atoms with van der Waals surface area (Å²) in [6, 6.07) is 14.6. The number of ether oxygens (including phenoxy) is 1. The van der Waals surface area contributed by atoms with Crippen LogP contribution in [-0.4, -0.2) is 16.1 Å². The van der Waals surface area contributed by atoms with E-state index in [0.717, 1.165) is 16.8 Å². The van der Waals surface area contributed by atoms with E-state index >= 15 is 0 Å². The Morgan fingerprint density at radius 3 is 1.94 bits per heavy atom. The first kappa shape index (κ1) is 20.3. The van der Waals surface area contributed by atoms with E-state index in [1.165, 1.54) is 42.5 Å². The van der Waals surface area contributed by atoms with Gasteiger partial charge >= 0.3 is 12.1 Å². The third-order valence-electron chi connectivity index (χ3n) is 4.26. The average molecular weight is 434 g/mol. The van der Waals surface area contributed by atoms with Crippen molar-refractivity contribution >= 4 is 0 Å². The first-order valence-electron chi connectivity index (χ1n) is 8.72. The predicted molar refractivity (Wildman–Crippen MR) is 99.6 cm³/mol. The average Bonchev–Trinajstić information content (AvgIpc) is 3.08. The lowest BCUT2D eigenvalue weighted by Crippen LogP contribution is -2.16. The highest BCUT2D eigenvalue weighted by atomic mass is 19.4. The first-order valence-corrected chi connectivity index (χ1v) is 8.72. The summed E-state index contributed by atoms with van der Waals surface area (Å²) in [7, 11) is 0. The second-order valence-electron chi connectivity index (χ2n) is 6.30. The van der Waals surface area contributed by atoms with Crippen molar-refractivity contribution in [2.24, 2.45) is 0 Å². The number of aromatic nitrogens is 2. The quantitative estimate of drug-likeness (QED) is 0.407. The molecule has 158 valence electrons. The van der Waals surface area contributed by atoms with Crippen LogP contribution in [0.2, 0.25) is 0 Å². The van der Waals surface area contributed by atoms with E-state index in [0.29, 0.717) is 11.1 Å². The summed E-state index contributed by atoms with van der Waals surface area (Å²) < 4.78 is 74.2. The molecule has 0 bridgehead atoms. The molecule has 0 saturated heterocycles. The Morgan fingerprint density at radius 1 is 0.839 bits per heavy atom. The largest absolute Gasteiger partial charge is 0.573 e. The summed E-state index contributed by atoms with van der Waals surface area (Å²) in [4.78, 5) is 12.1. The van der Waals surface area contributed by atoms with Crippen molar-refractivity contribution in [2.45, 2.75) is 6.36 Å². The molecule has 0 aliphatic carbocycles. The minimum atomic E-state index is -4.78. The molecule has 0 radical (unpaired) electrons. The molecule has 0 amide bonds. The van der Waals surface area contributed by atoms with Crippen LogP contribution in [0.1, 0.15) is 0 Å². The number of hydrogen-bond acceptors (Lipinski definition) is 4. The molecule has 10 heteroatoms. The molecule has 31 heavy (non-hydrogen) atoms. The van der Waals surface area contributed by atoms with Gasteiger partial charge in [0.1, 0.15) is 22.9 Å². The van der Waals surface area contributed by atoms with Crippen molar-refractivity contribution in [2.75, 3.05) is 0 Å². The van der Waals surface area contributed by atoms with Crippen molar-refractivity contribution in [3.8, 4) is 34.0 Å². The molecule has 1 aromatic heterocycles. The van der Waals surface area contributed by atoms with Crippen LogP contribution in [0.25, 0.3) is 28.3 Å². The van der Waals surface area contributed by atoms with Crippen molar-refractivity contribution in [3.05, 3.63) is 88.9 Å². The number of halogens is 5. The summed E-state index contributed by atoms with van der Waals surface area (Å²) >= 11 is 0. The van der Waals surface area contributed by atoms with Crippen LogP contribution in [0.3, 0.4) is 0 Å². The molecule has 0 spiro atoms. The second-order valence-corrected chi connectivity index (χ2v) is 6.30. The molecule has 0 N–H and O–H groups in total. The Labute approximate surface area is 170 Å². The number of benzene rings is 3. The molecule has 3 aromatic carbocycles. The van der Waals surface area contributed by atoms with Gasteiger partial charge in [-0.05, 0) is 47.5 Å². The van der Waals surface area contributed by atoms with E-state index in [1.54, 1.807) is 12.1 Å². The van der Waals surface area contributed by atoms with Gasteiger partial charge in [0.25, 0.3) is 5.89 Å². The number of hydrogen-bond donors (Lipinski definition) is 0. The fraction of sp³-hybridized carbons (Fsp3) is 0.0476. The number of nitrogens with zero attached hydrogens (tertiary/aromatic N) is 2. The van der Waals surface area contributed by atoms with Crippen LogP contribution < -0.4 is 10.5 Å². The van der Waals surface area contributed by atoms with E-state index in [2.05, 4.69) is 9.84 Å². The minimum Gasteiger partial charge on any atom is -0.406 e. The summed E-state index contributed by atoms with van der Waals surface area (Å²) in [6.07, 6.45) is -4.78. The minimum absolute atomic E-state index is 0.262. The highest BCUT2D eigenvalue weighted by Gasteiger charge is 2.31. The first-order chi connectivity index (χ1) is 14.7. The Morgan fingerprint density at radius 2 is 1.39 bits per heavy atom. The molecule has 4 aromatic rings. The molecule has 0 atom stereocenters. The van der Waals surface area contributed by atoms with Crippen LogP contribution >= 0.6 is 0 Å². The Hall–Kier alpha value is -3.95. The molecule has 4 rings (SSSR count). The summed E-state index contributed by atoms with van der Waals surface area (Å²) in [5.41, 5.74) is 0.940. The Balaban J connectivity index is 1.61. The maximum absolute atomic E-state index is 13.9. The maximum atomic E-state index is 13.9. The molecule has 0 aliphatic rings. The van der Waals surface area contributed by atoms with Crippen LogP contribution in [0.15, 0.2) is 75.9 Å². The predicted octanol–water partition coefficient (Wildman–Crippen LogP) is 5.34. The Bertz CT molecular complexity index is 1260. The van der Waals surface area contributed by atoms with Crippen LogP contribution in [-0.2, 0) is 0 Å². The van der Waals surface area contributed by atoms with Gasteiger partial charge in [0.05, 0.1) is 5.69 Å². The lowest BCUT2D eigenvalue weighted by molar-refractivity contribution is -0.274. The van der Waals surface area contributed by atoms with Gasteiger partial charge in [0.15, 0.2) is 0 Å². The molecular weight excluding hydrogens is 423 g/mol. The second kappa shape index (κ2) is 7.71. The van der Waals surface area contributed by atoms with E-state index in [4.69, 9.17) is 4.42 Å². The van der Waals surface area contributed by atoms with Gasteiger partial charge in [-0.15, -0.1) is 18.3 Å². The van der Waals surface area contributed by atoms with Gasteiger partial charge in [0, 0.05) is 0 Å². The molecule has 0 fully saturated rings. The zero-order valence-electron chi connectivity index (χ0n) is 15.4. The van der Waals surface area contributed by atoms with Crippen molar-refractivity contribution in [1.29, 1.82) is 0 Å². The molecule has 1 heterocycles. The smallest absolute Gasteiger partial charge is 0.406 e. The van der Waals surface area contributed by atoms with Crippen molar-refractivity contribution in [3.63, 3.8) is 0 Å². The fourth-order valence-electron chi connectivity index (χ4n) is 2.89. The lowest BCUT2D eigenvalue weighted by atomic mass is 10.1. The standard InChI is InChI=1S/C21H11F5N2O3/c22-16-2-1-3-17(23)18(16)19-27-28(20(29)30-19)14-8-4-12(5-9-14)13-6-10-15(11-7-13)31-21(24,25)26/h1-11H. The zero-order chi connectivity index (χ0) is 22.2. The van der Waals surface area contributed by atoms with Gasteiger partial charge in [0.2, 0.25) is 0 Å². The van der Waals surface area contributed by atoms with Crippen LogP contribution in [0.4, 0.5) is 22.0 Å². The van der Waals surface area contributed by atoms with Gasteiger partial charge in [-0.3, -0.25) is 0 Å². The van der Waals surface area contributed by atoms with Gasteiger partial charge in [-0.25, -0.2) is 13.6 Å². The highest BCUT2D eigenvalue weighted by molar-refractivity contribution is 5.65. The number of rotatable bonds is 4. The maximum Gasteiger partial charge on any atom is 0.573 e. The monoisotopic (exact) mass is 434 g/mol. The Kier molecular flexibility index (Phi) is 5.05. The topological polar surface area (TPSA) is 57.3 Å². The summed E-state index contributed by atoms with van der Waals surface area (Å²) in [5.74, 6) is -3.66. The molecule has 0 unspecified atom stereocenters. The lowest BCUT2D eigenvalue weighted by Gasteiger charge is -2.09. The summed E-state index contributed by atoms with van der Waals surface area (Å²) in [6.45, 7) is 0. The van der Waals surface area contributed by atoms with E-state index in [1.807, 2.05) is 0 Å². The molecule has 5 nitrogen and oxygen atoms in total. The normalized spacial score (nSPS) is 11.5.